The number of rotatable bonds is 3. The molecular formula is C8H13NO3. The van der Waals surface area contributed by atoms with Crippen LogP contribution in [0.1, 0.15) is 12.8 Å². The van der Waals surface area contributed by atoms with E-state index in [9.17, 15) is 9.90 Å². The molecule has 1 N–H and O–H groups in total. The van der Waals surface area contributed by atoms with Crippen LogP contribution in [0.5, 0.6) is 0 Å². The lowest BCUT2D eigenvalue weighted by molar-refractivity contribution is 0.104. The van der Waals surface area contributed by atoms with Gasteiger partial charge in [-0.05, 0) is 18.8 Å². The Bertz CT molecular complexity index is 191. The largest absolute Gasteiger partial charge is 0.448 e. The van der Waals surface area contributed by atoms with Gasteiger partial charge in [-0.25, -0.2) is 4.79 Å². The first kappa shape index (κ1) is 7.86. The minimum absolute atomic E-state index is 0.283. The zero-order valence-electron chi connectivity index (χ0n) is 6.90. The standard InChI is InChI=1S/C8H13NO3/c10-7(6-1-2-6)5-9-3-4-12-8(9)11/h6-7,10H,1-5H2. The molecule has 0 aromatic rings. The van der Waals surface area contributed by atoms with E-state index in [2.05, 4.69) is 0 Å². The van der Waals surface area contributed by atoms with E-state index in [0.717, 1.165) is 12.8 Å². The lowest BCUT2D eigenvalue weighted by Crippen LogP contribution is -2.34. The molecule has 4 nitrogen and oxygen atoms in total. The Morgan fingerprint density at radius 3 is 2.92 bits per heavy atom. The molecule has 1 atom stereocenters. The van der Waals surface area contributed by atoms with Gasteiger partial charge in [0.25, 0.3) is 0 Å². The number of hydrogen-bond acceptors (Lipinski definition) is 3. The molecule has 0 spiro atoms. The smallest absolute Gasteiger partial charge is 0.410 e. The van der Waals surface area contributed by atoms with E-state index in [1.807, 2.05) is 0 Å². The number of ether oxygens (including phenoxy) is 1. The fraction of sp³-hybridized carbons (Fsp3) is 0.875. The van der Waals surface area contributed by atoms with Gasteiger partial charge in [0.2, 0.25) is 0 Å². The molecule has 1 saturated heterocycles. The van der Waals surface area contributed by atoms with Crippen LogP contribution in [0.2, 0.25) is 0 Å². The van der Waals surface area contributed by atoms with Gasteiger partial charge in [-0.15, -0.1) is 0 Å². The van der Waals surface area contributed by atoms with Crippen LogP contribution in [0, 0.1) is 5.92 Å². The molecule has 1 saturated carbocycles. The van der Waals surface area contributed by atoms with Crippen molar-refractivity contribution in [2.24, 2.45) is 5.92 Å². The van der Waals surface area contributed by atoms with Crippen molar-refractivity contribution >= 4 is 6.09 Å². The van der Waals surface area contributed by atoms with Crippen LogP contribution >= 0.6 is 0 Å². The van der Waals surface area contributed by atoms with Crippen molar-refractivity contribution in [3.8, 4) is 0 Å². The van der Waals surface area contributed by atoms with E-state index < -0.39 is 0 Å². The zero-order chi connectivity index (χ0) is 8.55. The predicted molar refractivity (Wildman–Crippen MR) is 41.7 cm³/mol. The van der Waals surface area contributed by atoms with Crippen LogP contribution in [0.15, 0.2) is 0 Å². The van der Waals surface area contributed by atoms with Crippen molar-refractivity contribution in [2.45, 2.75) is 18.9 Å². The van der Waals surface area contributed by atoms with Gasteiger partial charge < -0.3 is 14.7 Å². The van der Waals surface area contributed by atoms with Crippen molar-refractivity contribution in [3.63, 3.8) is 0 Å². The van der Waals surface area contributed by atoms with Gasteiger partial charge in [-0.1, -0.05) is 0 Å². The molecule has 0 aromatic carbocycles. The Morgan fingerprint density at radius 1 is 1.67 bits per heavy atom. The Balaban J connectivity index is 1.80. The van der Waals surface area contributed by atoms with Gasteiger partial charge in [0.05, 0.1) is 19.2 Å². The number of β-amino-alcohol motifs (C(OH)–C–C–N with tert-alkyl or cyclic N) is 1. The molecule has 1 aliphatic heterocycles. The number of amides is 1. The topological polar surface area (TPSA) is 49.8 Å². The van der Waals surface area contributed by atoms with Crippen molar-refractivity contribution in [3.05, 3.63) is 0 Å². The lowest BCUT2D eigenvalue weighted by Gasteiger charge is -2.16. The van der Waals surface area contributed by atoms with Crippen LogP contribution in [0.3, 0.4) is 0 Å². The highest BCUT2D eigenvalue weighted by atomic mass is 16.6. The Morgan fingerprint density at radius 2 is 2.42 bits per heavy atom. The SMILES string of the molecule is O=C1OCCN1CC(O)C1CC1. The molecule has 2 aliphatic rings. The number of nitrogens with zero attached hydrogens (tertiary/aromatic N) is 1. The summed E-state index contributed by atoms with van der Waals surface area (Å²) < 4.78 is 4.74. The summed E-state index contributed by atoms with van der Waals surface area (Å²) in [4.78, 5) is 12.5. The van der Waals surface area contributed by atoms with E-state index in [4.69, 9.17) is 4.74 Å². The Hall–Kier alpha value is -0.770. The summed E-state index contributed by atoms with van der Waals surface area (Å²) in [5.41, 5.74) is 0. The molecule has 1 unspecified atom stereocenters. The molecule has 2 fully saturated rings. The van der Waals surface area contributed by atoms with Crippen LogP contribution in [0.4, 0.5) is 4.79 Å². The average molecular weight is 171 g/mol. The molecule has 0 aromatic heterocycles. The second-order valence-electron chi connectivity index (χ2n) is 3.47. The summed E-state index contributed by atoms with van der Waals surface area (Å²) in [6.45, 7) is 1.54. The second kappa shape index (κ2) is 2.94. The van der Waals surface area contributed by atoms with Crippen molar-refractivity contribution in [1.29, 1.82) is 0 Å². The van der Waals surface area contributed by atoms with E-state index in [-0.39, 0.29) is 12.2 Å². The molecule has 2 rings (SSSR count). The molecular weight excluding hydrogens is 158 g/mol. The van der Waals surface area contributed by atoms with Gasteiger partial charge >= 0.3 is 6.09 Å². The van der Waals surface area contributed by atoms with Crippen LogP contribution in [-0.4, -0.2) is 41.9 Å². The fourth-order valence-corrected chi connectivity index (χ4v) is 1.45. The average Bonchev–Trinajstić information content (AvgIpc) is 2.80. The molecule has 4 heteroatoms. The normalized spacial score (nSPS) is 25.8. The molecule has 12 heavy (non-hydrogen) atoms. The molecule has 68 valence electrons. The summed E-state index contributed by atoms with van der Waals surface area (Å²) in [7, 11) is 0. The van der Waals surface area contributed by atoms with Crippen molar-refractivity contribution < 1.29 is 14.6 Å². The van der Waals surface area contributed by atoms with Gasteiger partial charge in [0, 0.05) is 0 Å². The number of carbonyl (C=O) groups is 1. The third kappa shape index (κ3) is 1.53. The van der Waals surface area contributed by atoms with Crippen LogP contribution in [0.25, 0.3) is 0 Å². The summed E-state index contributed by atoms with van der Waals surface area (Å²) in [6, 6.07) is 0. The number of hydrogen-bond donors (Lipinski definition) is 1. The monoisotopic (exact) mass is 171 g/mol. The first-order valence-electron chi connectivity index (χ1n) is 4.37. The molecule has 1 amide bonds. The molecule has 1 aliphatic carbocycles. The Kier molecular flexibility index (Phi) is 1.92. The lowest BCUT2D eigenvalue weighted by atomic mass is 10.2. The summed E-state index contributed by atoms with van der Waals surface area (Å²) in [5.74, 6) is 0.429. The molecule has 0 bridgehead atoms. The van der Waals surface area contributed by atoms with E-state index in [1.54, 1.807) is 4.90 Å². The van der Waals surface area contributed by atoms with Gasteiger partial charge in [-0.2, -0.15) is 0 Å². The maximum absolute atomic E-state index is 10.9. The third-order valence-corrected chi connectivity index (χ3v) is 2.42. The minimum atomic E-state index is -0.337. The highest BCUT2D eigenvalue weighted by molar-refractivity contribution is 5.69. The van der Waals surface area contributed by atoms with Crippen molar-refractivity contribution in [1.82, 2.24) is 4.90 Å². The van der Waals surface area contributed by atoms with Gasteiger partial charge in [0.1, 0.15) is 6.61 Å². The summed E-state index contributed by atoms with van der Waals surface area (Å²) in [5, 5.41) is 9.52. The third-order valence-electron chi connectivity index (χ3n) is 2.42. The first-order chi connectivity index (χ1) is 5.77. The molecule has 1 heterocycles. The summed E-state index contributed by atoms with van der Waals surface area (Å²) in [6.07, 6.45) is 1.58. The van der Waals surface area contributed by atoms with Gasteiger partial charge in [-0.3, -0.25) is 0 Å². The molecule has 0 radical (unpaired) electrons. The van der Waals surface area contributed by atoms with Crippen molar-refractivity contribution in [2.75, 3.05) is 19.7 Å². The maximum Gasteiger partial charge on any atom is 0.410 e. The van der Waals surface area contributed by atoms with E-state index in [1.165, 1.54) is 0 Å². The highest BCUT2D eigenvalue weighted by Crippen LogP contribution is 2.33. The number of aliphatic hydroxyl groups excluding tert-OH is 1. The van der Waals surface area contributed by atoms with Crippen LogP contribution in [-0.2, 0) is 4.74 Å². The Labute approximate surface area is 71.1 Å². The first-order valence-corrected chi connectivity index (χ1v) is 4.37. The second-order valence-corrected chi connectivity index (χ2v) is 3.47. The van der Waals surface area contributed by atoms with E-state index in [0.29, 0.717) is 25.6 Å². The predicted octanol–water partition coefficient (Wildman–Crippen LogP) is 0.209. The van der Waals surface area contributed by atoms with E-state index >= 15 is 0 Å². The minimum Gasteiger partial charge on any atom is -0.448 e. The maximum atomic E-state index is 10.9. The fourth-order valence-electron chi connectivity index (χ4n) is 1.45. The quantitative estimate of drug-likeness (QED) is 0.660. The zero-order valence-corrected chi connectivity index (χ0v) is 6.90. The number of aliphatic hydroxyl groups is 1. The summed E-state index contributed by atoms with van der Waals surface area (Å²) >= 11 is 0. The van der Waals surface area contributed by atoms with Gasteiger partial charge in [0.15, 0.2) is 0 Å². The van der Waals surface area contributed by atoms with Crippen LogP contribution < -0.4 is 0 Å². The number of carbonyl (C=O) groups excluding carboxylic acids is 1. The number of cyclic esters (lactones) is 1. The highest BCUT2D eigenvalue weighted by Gasteiger charge is 2.33.